The van der Waals surface area contributed by atoms with Crippen LogP contribution < -0.4 is 4.74 Å². The standard InChI is InChI=1S/C21H18ClNO/c22-18-10-4-11-19-21(18)16(14-23-19)8-5-13-24-20-12-3-7-15-6-1-2-9-17(15)20/h1-4,6-7,9-12,14,23H,5,8,13H2. The van der Waals surface area contributed by atoms with Gasteiger partial charge in [-0.15, -0.1) is 0 Å². The van der Waals surface area contributed by atoms with Crippen LogP contribution in [-0.4, -0.2) is 11.6 Å². The molecule has 1 N–H and O–H groups in total. The van der Waals surface area contributed by atoms with E-state index in [0.29, 0.717) is 6.61 Å². The first-order chi connectivity index (χ1) is 11.8. The lowest BCUT2D eigenvalue weighted by Gasteiger charge is -2.09. The molecule has 4 aromatic rings. The molecular weight excluding hydrogens is 318 g/mol. The van der Waals surface area contributed by atoms with Crippen molar-refractivity contribution in [3.05, 3.63) is 77.4 Å². The van der Waals surface area contributed by atoms with Crippen molar-refractivity contribution >= 4 is 33.3 Å². The molecule has 0 saturated heterocycles. The van der Waals surface area contributed by atoms with Crippen LogP contribution >= 0.6 is 11.6 Å². The second-order valence-electron chi connectivity index (χ2n) is 5.91. The van der Waals surface area contributed by atoms with E-state index in [-0.39, 0.29) is 0 Å². The summed E-state index contributed by atoms with van der Waals surface area (Å²) in [6.45, 7) is 0.686. The molecule has 4 rings (SSSR count). The molecule has 0 fully saturated rings. The first-order valence-corrected chi connectivity index (χ1v) is 8.56. The molecule has 24 heavy (non-hydrogen) atoms. The van der Waals surface area contributed by atoms with Crippen LogP contribution in [0.25, 0.3) is 21.7 Å². The van der Waals surface area contributed by atoms with E-state index in [9.17, 15) is 0 Å². The van der Waals surface area contributed by atoms with Crippen molar-refractivity contribution in [1.82, 2.24) is 4.98 Å². The quantitative estimate of drug-likeness (QED) is 0.445. The third kappa shape index (κ3) is 2.85. The second kappa shape index (κ2) is 6.58. The highest BCUT2D eigenvalue weighted by Crippen LogP contribution is 2.28. The first kappa shape index (κ1) is 15.1. The van der Waals surface area contributed by atoms with E-state index in [1.54, 1.807) is 0 Å². The van der Waals surface area contributed by atoms with Gasteiger partial charge in [-0.2, -0.15) is 0 Å². The first-order valence-electron chi connectivity index (χ1n) is 8.18. The van der Waals surface area contributed by atoms with Crippen molar-refractivity contribution in [3.8, 4) is 5.75 Å². The fraction of sp³-hybridized carbons (Fsp3) is 0.143. The zero-order valence-corrected chi connectivity index (χ0v) is 14.0. The van der Waals surface area contributed by atoms with Crippen LogP contribution in [0.4, 0.5) is 0 Å². The molecule has 120 valence electrons. The Morgan fingerprint density at radius 3 is 2.71 bits per heavy atom. The summed E-state index contributed by atoms with van der Waals surface area (Å²) in [5, 5.41) is 4.30. The Bertz CT molecular complexity index is 984. The van der Waals surface area contributed by atoms with Gasteiger partial charge in [0.15, 0.2) is 0 Å². The van der Waals surface area contributed by atoms with Crippen LogP contribution in [0.15, 0.2) is 66.9 Å². The van der Waals surface area contributed by atoms with Gasteiger partial charge in [-0.25, -0.2) is 0 Å². The molecule has 1 aromatic heterocycles. The van der Waals surface area contributed by atoms with Gasteiger partial charge in [-0.1, -0.05) is 54.1 Å². The van der Waals surface area contributed by atoms with Gasteiger partial charge in [0.05, 0.1) is 11.6 Å². The minimum Gasteiger partial charge on any atom is -0.493 e. The Morgan fingerprint density at radius 2 is 1.75 bits per heavy atom. The van der Waals surface area contributed by atoms with E-state index >= 15 is 0 Å². The fourth-order valence-corrected chi connectivity index (χ4v) is 3.47. The number of ether oxygens (including phenoxy) is 1. The molecular formula is C21H18ClNO. The van der Waals surface area contributed by atoms with Crippen LogP contribution in [0.5, 0.6) is 5.75 Å². The number of aromatic nitrogens is 1. The molecule has 0 bridgehead atoms. The van der Waals surface area contributed by atoms with Gasteiger partial charge in [0, 0.05) is 22.5 Å². The number of H-pyrrole nitrogens is 1. The van der Waals surface area contributed by atoms with Gasteiger partial charge >= 0.3 is 0 Å². The molecule has 0 radical (unpaired) electrons. The minimum absolute atomic E-state index is 0.686. The second-order valence-corrected chi connectivity index (χ2v) is 6.31. The van der Waals surface area contributed by atoms with Gasteiger partial charge in [0.2, 0.25) is 0 Å². The number of benzene rings is 3. The number of aryl methyl sites for hydroxylation is 1. The van der Waals surface area contributed by atoms with E-state index < -0.39 is 0 Å². The highest BCUT2D eigenvalue weighted by Gasteiger charge is 2.07. The Balaban J connectivity index is 1.44. The number of nitrogens with one attached hydrogen (secondary N) is 1. The number of hydrogen-bond acceptors (Lipinski definition) is 1. The predicted molar refractivity (Wildman–Crippen MR) is 101 cm³/mol. The fourth-order valence-electron chi connectivity index (χ4n) is 3.17. The molecule has 2 nitrogen and oxygen atoms in total. The smallest absolute Gasteiger partial charge is 0.127 e. The van der Waals surface area contributed by atoms with E-state index in [0.717, 1.165) is 39.9 Å². The third-order valence-electron chi connectivity index (χ3n) is 4.33. The summed E-state index contributed by atoms with van der Waals surface area (Å²) >= 11 is 6.33. The summed E-state index contributed by atoms with van der Waals surface area (Å²) < 4.78 is 6.02. The van der Waals surface area contributed by atoms with Crippen LogP contribution in [0.1, 0.15) is 12.0 Å². The van der Waals surface area contributed by atoms with Gasteiger partial charge in [-0.05, 0) is 42.0 Å². The topological polar surface area (TPSA) is 25.0 Å². The highest BCUT2D eigenvalue weighted by molar-refractivity contribution is 6.35. The molecule has 0 aliphatic rings. The monoisotopic (exact) mass is 335 g/mol. The largest absolute Gasteiger partial charge is 0.493 e. The maximum atomic E-state index is 6.33. The molecule has 0 atom stereocenters. The van der Waals surface area contributed by atoms with Gasteiger partial charge in [0.1, 0.15) is 5.75 Å². The summed E-state index contributed by atoms with van der Waals surface area (Å²) in [4.78, 5) is 3.29. The van der Waals surface area contributed by atoms with Crippen molar-refractivity contribution < 1.29 is 4.74 Å². The molecule has 0 aliphatic heterocycles. The summed E-state index contributed by atoms with van der Waals surface area (Å²) in [6, 6.07) is 20.4. The Morgan fingerprint density at radius 1 is 0.917 bits per heavy atom. The van der Waals surface area contributed by atoms with E-state index in [4.69, 9.17) is 16.3 Å². The summed E-state index contributed by atoms with van der Waals surface area (Å²) in [5.41, 5.74) is 2.34. The van der Waals surface area contributed by atoms with Crippen LogP contribution in [0, 0.1) is 0 Å². The van der Waals surface area contributed by atoms with Crippen molar-refractivity contribution in [2.75, 3.05) is 6.61 Å². The Labute approximate surface area is 146 Å². The SMILES string of the molecule is Clc1cccc2[nH]cc(CCCOc3cccc4ccccc34)c12. The van der Waals surface area contributed by atoms with Crippen molar-refractivity contribution in [2.45, 2.75) is 12.8 Å². The van der Waals surface area contributed by atoms with E-state index in [2.05, 4.69) is 35.4 Å². The zero-order valence-electron chi connectivity index (χ0n) is 13.3. The number of fused-ring (bicyclic) bond motifs is 2. The average molecular weight is 336 g/mol. The predicted octanol–water partition coefficient (Wildman–Crippen LogP) is 5.99. The average Bonchev–Trinajstić information content (AvgIpc) is 3.03. The minimum atomic E-state index is 0.686. The lowest BCUT2D eigenvalue weighted by molar-refractivity contribution is 0.315. The number of halogens is 1. The van der Waals surface area contributed by atoms with Crippen molar-refractivity contribution in [3.63, 3.8) is 0 Å². The van der Waals surface area contributed by atoms with Crippen LogP contribution in [0.3, 0.4) is 0 Å². The van der Waals surface area contributed by atoms with Crippen molar-refractivity contribution in [2.24, 2.45) is 0 Å². The molecule has 0 amide bonds. The molecule has 0 saturated carbocycles. The summed E-state index contributed by atoms with van der Waals surface area (Å²) in [7, 11) is 0. The number of aromatic amines is 1. The van der Waals surface area contributed by atoms with Gasteiger partial charge in [-0.3, -0.25) is 0 Å². The summed E-state index contributed by atoms with van der Waals surface area (Å²) in [6.07, 6.45) is 3.93. The molecule has 0 aliphatic carbocycles. The molecule has 1 heterocycles. The molecule has 0 unspecified atom stereocenters. The maximum Gasteiger partial charge on any atom is 0.127 e. The lowest BCUT2D eigenvalue weighted by Crippen LogP contribution is -1.99. The molecule has 3 heteroatoms. The number of rotatable bonds is 5. The van der Waals surface area contributed by atoms with Crippen LogP contribution in [0.2, 0.25) is 5.02 Å². The maximum absolute atomic E-state index is 6.33. The Hall–Kier alpha value is -2.45. The molecule has 3 aromatic carbocycles. The normalized spacial score (nSPS) is 11.2. The highest BCUT2D eigenvalue weighted by atomic mass is 35.5. The van der Waals surface area contributed by atoms with E-state index in [1.165, 1.54) is 10.9 Å². The molecule has 0 spiro atoms. The summed E-state index contributed by atoms with van der Waals surface area (Å²) in [5.74, 6) is 0.949. The van der Waals surface area contributed by atoms with Gasteiger partial charge in [0.25, 0.3) is 0 Å². The van der Waals surface area contributed by atoms with Crippen molar-refractivity contribution in [1.29, 1.82) is 0 Å². The van der Waals surface area contributed by atoms with Gasteiger partial charge < -0.3 is 9.72 Å². The van der Waals surface area contributed by atoms with Crippen LogP contribution in [-0.2, 0) is 6.42 Å². The third-order valence-corrected chi connectivity index (χ3v) is 4.65. The zero-order chi connectivity index (χ0) is 16.4. The number of hydrogen-bond donors (Lipinski definition) is 1. The lowest BCUT2D eigenvalue weighted by atomic mass is 10.1. The van der Waals surface area contributed by atoms with E-state index in [1.807, 2.05) is 36.4 Å². The Kier molecular flexibility index (Phi) is 4.14.